The van der Waals surface area contributed by atoms with Crippen LogP contribution in [0, 0.1) is 11.8 Å². The smallest absolute Gasteiger partial charge is 0.226 e. The van der Waals surface area contributed by atoms with Crippen molar-refractivity contribution >= 4 is 40.7 Å². The molecular weight excluding hydrogens is 385 g/mol. The van der Waals surface area contributed by atoms with Gasteiger partial charge in [-0.15, -0.1) is 0 Å². The van der Waals surface area contributed by atoms with Gasteiger partial charge in [0.15, 0.2) is 0 Å². The average Bonchev–Trinajstić information content (AvgIpc) is 3.16. The number of nitrogens with zero attached hydrogens (tertiary/aromatic N) is 2. The van der Waals surface area contributed by atoms with Crippen molar-refractivity contribution in [1.82, 2.24) is 4.90 Å². The molecule has 7 heteroatoms. The van der Waals surface area contributed by atoms with Gasteiger partial charge in [0.1, 0.15) is 0 Å². The van der Waals surface area contributed by atoms with Crippen LogP contribution in [0.5, 0.6) is 0 Å². The highest BCUT2D eigenvalue weighted by molar-refractivity contribution is 6.42. The molecule has 3 rings (SSSR count). The highest BCUT2D eigenvalue weighted by Gasteiger charge is 2.31. The molecule has 2 fully saturated rings. The summed E-state index contributed by atoms with van der Waals surface area (Å²) in [5.74, 6) is -0.0341. The highest BCUT2D eigenvalue weighted by atomic mass is 35.5. The Morgan fingerprint density at radius 2 is 1.74 bits per heavy atom. The van der Waals surface area contributed by atoms with E-state index in [1.54, 1.807) is 6.07 Å². The van der Waals surface area contributed by atoms with E-state index in [4.69, 9.17) is 28.9 Å². The Bertz CT molecular complexity index is 684. The van der Waals surface area contributed by atoms with E-state index in [9.17, 15) is 9.59 Å². The van der Waals surface area contributed by atoms with Gasteiger partial charge >= 0.3 is 0 Å². The van der Waals surface area contributed by atoms with Gasteiger partial charge in [-0.3, -0.25) is 9.59 Å². The van der Waals surface area contributed by atoms with Crippen molar-refractivity contribution in [1.29, 1.82) is 0 Å². The fourth-order valence-corrected chi connectivity index (χ4v) is 4.58. The number of hydrogen-bond acceptors (Lipinski definition) is 3. The van der Waals surface area contributed by atoms with Crippen LogP contribution < -0.4 is 10.6 Å². The molecule has 27 heavy (non-hydrogen) atoms. The lowest BCUT2D eigenvalue weighted by molar-refractivity contribution is -0.138. The van der Waals surface area contributed by atoms with Crippen LogP contribution in [0.15, 0.2) is 18.2 Å². The van der Waals surface area contributed by atoms with Gasteiger partial charge in [-0.2, -0.15) is 0 Å². The number of halogens is 2. The Morgan fingerprint density at radius 1 is 1.07 bits per heavy atom. The van der Waals surface area contributed by atoms with Crippen molar-refractivity contribution in [2.24, 2.45) is 17.6 Å². The van der Waals surface area contributed by atoms with Crippen molar-refractivity contribution in [2.45, 2.75) is 38.5 Å². The standard InChI is InChI=1S/C20H27Cl2N3O2/c21-17-6-5-16(13-18(17)22)24-7-9-25(10-8-24)20(27)15(12-19(23)26)11-14-3-1-2-4-14/h5-6,13-15H,1-4,7-12H2,(H2,23,26). The lowest BCUT2D eigenvalue weighted by Gasteiger charge is -2.38. The second kappa shape index (κ2) is 9.16. The molecule has 148 valence electrons. The zero-order valence-electron chi connectivity index (χ0n) is 15.5. The van der Waals surface area contributed by atoms with Crippen molar-refractivity contribution in [3.8, 4) is 0 Å². The summed E-state index contributed by atoms with van der Waals surface area (Å²) in [7, 11) is 0. The van der Waals surface area contributed by atoms with Gasteiger partial charge in [0.2, 0.25) is 11.8 Å². The van der Waals surface area contributed by atoms with E-state index < -0.39 is 0 Å². The monoisotopic (exact) mass is 411 g/mol. The molecule has 0 aromatic heterocycles. The molecule has 0 spiro atoms. The first-order valence-corrected chi connectivity index (χ1v) is 10.5. The van der Waals surface area contributed by atoms with E-state index in [1.165, 1.54) is 12.8 Å². The summed E-state index contributed by atoms with van der Waals surface area (Å²) in [6, 6.07) is 5.60. The number of carbonyl (C=O) groups is 2. The fourth-order valence-electron chi connectivity index (χ4n) is 4.29. The van der Waals surface area contributed by atoms with Gasteiger partial charge in [-0.1, -0.05) is 48.9 Å². The molecule has 1 aromatic rings. The summed E-state index contributed by atoms with van der Waals surface area (Å²) in [6.07, 6.45) is 5.72. The minimum atomic E-state index is -0.388. The summed E-state index contributed by atoms with van der Waals surface area (Å²) in [5, 5.41) is 1.07. The number of amides is 2. The van der Waals surface area contributed by atoms with Gasteiger partial charge < -0.3 is 15.5 Å². The molecule has 1 aliphatic heterocycles. The molecule has 5 nitrogen and oxygen atoms in total. The normalized spacial score (nSPS) is 19.3. The first-order chi connectivity index (χ1) is 12.9. The Balaban J connectivity index is 1.59. The second-order valence-electron chi connectivity index (χ2n) is 7.66. The van der Waals surface area contributed by atoms with Crippen molar-refractivity contribution < 1.29 is 9.59 Å². The summed E-state index contributed by atoms with van der Waals surface area (Å²) >= 11 is 12.1. The Hall–Kier alpha value is -1.46. The molecule has 0 bridgehead atoms. The molecule has 1 heterocycles. The van der Waals surface area contributed by atoms with Gasteiger partial charge in [0, 0.05) is 44.2 Å². The predicted octanol–water partition coefficient (Wildman–Crippen LogP) is 3.71. The van der Waals surface area contributed by atoms with Crippen LogP contribution in [0.2, 0.25) is 10.0 Å². The Morgan fingerprint density at radius 3 is 2.33 bits per heavy atom. The third kappa shape index (κ3) is 5.29. The molecule has 1 saturated heterocycles. The highest BCUT2D eigenvalue weighted by Crippen LogP contribution is 2.32. The van der Waals surface area contributed by atoms with Crippen LogP contribution in [0.3, 0.4) is 0 Å². The van der Waals surface area contributed by atoms with E-state index in [2.05, 4.69) is 4.90 Å². The van der Waals surface area contributed by atoms with Gasteiger partial charge in [0.05, 0.1) is 10.0 Å². The van der Waals surface area contributed by atoms with Crippen LogP contribution in [0.1, 0.15) is 38.5 Å². The summed E-state index contributed by atoms with van der Waals surface area (Å²) in [6.45, 7) is 2.74. The summed E-state index contributed by atoms with van der Waals surface area (Å²) < 4.78 is 0. The van der Waals surface area contributed by atoms with Gasteiger partial charge in [-0.05, 0) is 30.5 Å². The molecule has 1 atom stereocenters. The van der Waals surface area contributed by atoms with Crippen molar-refractivity contribution in [3.63, 3.8) is 0 Å². The lowest BCUT2D eigenvalue weighted by atomic mass is 9.89. The predicted molar refractivity (Wildman–Crippen MR) is 109 cm³/mol. The maximum absolute atomic E-state index is 13.0. The zero-order valence-corrected chi connectivity index (χ0v) is 17.0. The Kier molecular flexibility index (Phi) is 6.88. The molecule has 2 N–H and O–H groups in total. The number of anilines is 1. The largest absolute Gasteiger partial charge is 0.370 e. The number of nitrogens with two attached hydrogens (primary N) is 1. The third-order valence-electron chi connectivity index (χ3n) is 5.75. The molecule has 1 unspecified atom stereocenters. The molecule has 1 aliphatic carbocycles. The first-order valence-electron chi connectivity index (χ1n) is 9.71. The van der Waals surface area contributed by atoms with Crippen LogP contribution in [0.4, 0.5) is 5.69 Å². The van der Waals surface area contributed by atoms with E-state index in [-0.39, 0.29) is 24.2 Å². The quantitative estimate of drug-likeness (QED) is 0.775. The first kappa shape index (κ1) is 20.3. The van der Waals surface area contributed by atoms with Crippen molar-refractivity contribution in [3.05, 3.63) is 28.2 Å². The van der Waals surface area contributed by atoms with Gasteiger partial charge in [-0.25, -0.2) is 0 Å². The van der Waals surface area contributed by atoms with E-state index in [0.29, 0.717) is 29.1 Å². The van der Waals surface area contributed by atoms with E-state index >= 15 is 0 Å². The van der Waals surface area contributed by atoms with Crippen LogP contribution in [0.25, 0.3) is 0 Å². The number of rotatable bonds is 6. The van der Waals surface area contributed by atoms with Gasteiger partial charge in [0.25, 0.3) is 0 Å². The SMILES string of the molecule is NC(=O)CC(CC1CCCC1)C(=O)N1CCN(c2ccc(Cl)c(Cl)c2)CC1. The lowest BCUT2D eigenvalue weighted by Crippen LogP contribution is -2.51. The summed E-state index contributed by atoms with van der Waals surface area (Å²) in [5.41, 5.74) is 6.43. The number of benzene rings is 1. The van der Waals surface area contributed by atoms with Crippen LogP contribution in [-0.2, 0) is 9.59 Å². The molecule has 2 amide bonds. The van der Waals surface area contributed by atoms with E-state index in [0.717, 1.165) is 38.0 Å². The second-order valence-corrected chi connectivity index (χ2v) is 8.48. The Labute approximate surface area is 170 Å². The molecule has 2 aliphatic rings. The fraction of sp³-hybridized carbons (Fsp3) is 0.600. The minimum absolute atomic E-state index is 0.0782. The number of carbonyl (C=O) groups excluding carboxylic acids is 2. The van der Waals surface area contributed by atoms with Crippen LogP contribution >= 0.6 is 23.2 Å². The molecule has 1 saturated carbocycles. The zero-order chi connectivity index (χ0) is 19.4. The minimum Gasteiger partial charge on any atom is -0.370 e. The van der Waals surface area contributed by atoms with Crippen molar-refractivity contribution in [2.75, 3.05) is 31.1 Å². The maximum Gasteiger partial charge on any atom is 0.226 e. The molecule has 1 aromatic carbocycles. The molecule has 0 radical (unpaired) electrons. The average molecular weight is 412 g/mol. The summed E-state index contributed by atoms with van der Waals surface area (Å²) in [4.78, 5) is 28.6. The topological polar surface area (TPSA) is 66.6 Å². The third-order valence-corrected chi connectivity index (χ3v) is 6.49. The van der Waals surface area contributed by atoms with E-state index in [1.807, 2.05) is 17.0 Å². The number of primary amides is 1. The number of hydrogen-bond donors (Lipinski definition) is 1. The molecular formula is C20H27Cl2N3O2. The maximum atomic E-state index is 13.0. The van der Waals surface area contributed by atoms with Crippen LogP contribution in [-0.4, -0.2) is 42.9 Å². The number of piperazine rings is 1.